The molecule has 4 heterocycles. The lowest BCUT2D eigenvalue weighted by Gasteiger charge is -2.38. The Morgan fingerprint density at radius 2 is 1.85 bits per heavy atom. The zero-order chi connectivity index (χ0) is 13.7. The highest BCUT2D eigenvalue weighted by Crippen LogP contribution is 2.43. The molecule has 4 rings (SSSR count). The molecule has 0 aromatic carbocycles. The monoisotopic (exact) mass is 289 g/mol. The first-order chi connectivity index (χ1) is 9.70. The van der Waals surface area contributed by atoms with Gasteiger partial charge in [-0.05, 0) is 45.1 Å². The summed E-state index contributed by atoms with van der Waals surface area (Å²) < 4.78 is 2.17. The van der Waals surface area contributed by atoms with Gasteiger partial charge in [-0.1, -0.05) is 11.3 Å². The molecule has 106 valence electrons. The van der Waals surface area contributed by atoms with Crippen molar-refractivity contribution >= 4 is 16.5 Å². The van der Waals surface area contributed by atoms with Crippen LogP contribution in [0.15, 0.2) is 12.4 Å². The zero-order valence-electron chi connectivity index (χ0n) is 11.9. The normalized spacial score (nSPS) is 29.1. The molecule has 2 fully saturated rings. The summed E-state index contributed by atoms with van der Waals surface area (Å²) in [5.74, 6) is 0. The van der Waals surface area contributed by atoms with Gasteiger partial charge in [0.05, 0.1) is 12.2 Å². The van der Waals surface area contributed by atoms with Crippen LogP contribution in [0.1, 0.15) is 42.3 Å². The topological polar surface area (TPSA) is 46.8 Å². The Balaban J connectivity index is 1.58. The van der Waals surface area contributed by atoms with Gasteiger partial charge >= 0.3 is 0 Å². The number of anilines is 1. The van der Waals surface area contributed by atoms with E-state index < -0.39 is 0 Å². The highest BCUT2D eigenvalue weighted by Gasteiger charge is 2.42. The van der Waals surface area contributed by atoms with Crippen LogP contribution in [0.25, 0.3) is 0 Å². The molecule has 2 bridgehead atoms. The van der Waals surface area contributed by atoms with Crippen molar-refractivity contribution in [2.45, 2.75) is 57.7 Å². The smallest absolute Gasteiger partial charge is 0.208 e. The summed E-state index contributed by atoms with van der Waals surface area (Å²) in [4.78, 5) is 2.53. The third-order valence-corrected chi connectivity index (χ3v) is 5.40. The number of rotatable bonds is 2. The largest absolute Gasteiger partial charge is 0.341 e. The molecule has 0 N–H and O–H groups in total. The van der Waals surface area contributed by atoms with Crippen molar-refractivity contribution in [3.05, 3.63) is 23.0 Å². The maximum Gasteiger partial charge on any atom is 0.208 e. The van der Waals surface area contributed by atoms with Crippen LogP contribution in [0.3, 0.4) is 0 Å². The van der Waals surface area contributed by atoms with Gasteiger partial charge in [-0.15, -0.1) is 10.2 Å². The summed E-state index contributed by atoms with van der Waals surface area (Å²) >= 11 is 1.72. The second kappa shape index (κ2) is 4.55. The minimum atomic E-state index is 0.548. The summed E-state index contributed by atoms with van der Waals surface area (Å²) in [6.07, 6.45) is 9.05. The van der Waals surface area contributed by atoms with Crippen LogP contribution in [-0.2, 0) is 0 Å². The molecule has 2 aliphatic heterocycles. The SMILES string of the molecule is Cc1cnn(C2CC3CCC(C2)N3c2nnc(C)s2)c1. The number of fused-ring (bicyclic) bond motifs is 2. The first-order valence-corrected chi connectivity index (χ1v) is 8.11. The predicted octanol–water partition coefficient (Wildman–Crippen LogP) is 2.72. The summed E-state index contributed by atoms with van der Waals surface area (Å²) in [5, 5.41) is 15.2. The van der Waals surface area contributed by atoms with Crippen LogP contribution in [0.2, 0.25) is 0 Å². The fourth-order valence-electron chi connectivity index (χ4n) is 3.70. The van der Waals surface area contributed by atoms with E-state index >= 15 is 0 Å². The van der Waals surface area contributed by atoms with Gasteiger partial charge in [0.1, 0.15) is 5.01 Å². The van der Waals surface area contributed by atoms with Crippen LogP contribution in [0.5, 0.6) is 0 Å². The highest BCUT2D eigenvalue weighted by molar-refractivity contribution is 7.15. The van der Waals surface area contributed by atoms with Crippen molar-refractivity contribution in [3.63, 3.8) is 0 Å². The summed E-state index contributed by atoms with van der Waals surface area (Å²) in [5.41, 5.74) is 1.25. The number of piperidine rings is 1. The zero-order valence-corrected chi connectivity index (χ0v) is 12.7. The average molecular weight is 289 g/mol. The maximum absolute atomic E-state index is 4.51. The van der Waals surface area contributed by atoms with E-state index in [1.807, 2.05) is 13.1 Å². The van der Waals surface area contributed by atoms with Crippen LogP contribution in [0.4, 0.5) is 5.13 Å². The van der Waals surface area contributed by atoms with Gasteiger partial charge in [0.15, 0.2) is 0 Å². The van der Waals surface area contributed by atoms with E-state index in [0.29, 0.717) is 18.1 Å². The molecule has 0 amide bonds. The van der Waals surface area contributed by atoms with Crippen molar-refractivity contribution in [1.29, 1.82) is 0 Å². The molecule has 0 radical (unpaired) electrons. The number of nitrogens with zero attached hydrogens (tertiary/aromatic N) is 5. The first-order valence-electron chi connectivity index (χ1n) is 7.30. The molecule has 20 heavy (non-hydrogen) atoms. The van der Waals surface area contributed by atoms with E-state index in [1.54, 1.807) is 11.3 Å². The lowest BCUT2D eigenvalue weighted by molar-refractivity contribution is 0.314. The number of hydrogen-bond acceptors (Lipinski definition) is 5. The fourth-order valence-corrected chi connectivity index (χ4v) is 4.53. The van der Waals surface area contributed by atoms with Gasteiger partial charge in [-0.25, -0.2) is 0 Å². The molecule has 2 aromatic heterocycles. The quantitative estimate of drug-likeness (QED) is 0.853. The third kappa shape index (κ3) is 1.93. The minimum Gasteiger partial charge on any atom is -0.341 e. The first kappa shape index (κ1) is 12.3. The van der Waals surface area contributed by atoms with E-state index in [0.717, 1.165) is 10.1 Å². The molecule has 2 unspecified atom stereocenters. The van der Waals surface area contributed by atoms with E-state index in [2.05, 4.69) is 38.0 Å². The standard InChI is InChI=1S/C14H19N5S/c1-9-7-15-18(8-9)13-5-11-3-4-12(6-13)19(11)14-17-16-10(2)20-14/h7-8,11-13H,3-6H2,1-2H3. The number of aromatic nitrogens is 4. The van der Waals surface area contributed by atoms with E-state index in [9.17, 15) is 0 Å². The molecule has 0 saturated carbocycles. The molecule has 0 aliphatic carbocycles. The van der Waals surface area contributed by atoms with Crippen molar-refractivity contribution in [3.8, 4) is 0 Å². The number of hydrogen-bond donors (Lipinski definition) is 0. The molecule has 2 atom stereocenters. The van der Waals surface area contributed by atoms with Gasteiger partial charge < -0.3 is 4.90 Å². The minimum absolute atomic E-state index is 0.548. The summed E-state index contributed by atoms with van der Waals surface area (Å²) in [6.45, 7) is 4.14. The van der Waals surface area contributed by atoms with Crippen molar-refractivity contribution in [2.75, 3.05) is 4.90 Å². The Morgan fingerprint density at radius 1 is 1.10 bits per heavy atom. The summed E-state index contributed by atoms with van der Waals surface area (Å²) in [6, 6.07) is 1.76. The molecule has 2 aliphatic rings. The van der Waals surface area contributed by atoms with Gasteiger partial charge in [-0.2, -0.15) is 5.10 Å². The molecule has 0 spiro atoms. The lowest BCUT2D eigenvalue weighted by atomic mass is 9.98. The highest BCUT2D eigenvalue weighted by atomic mass is 32.1. The van der Waals surface area contributed by atoms with Gasteiger partial charge in [0.25, 0.3) is 0 Å². The third-order valence-electron chi connectivity index (χ3n) is 4.55. The predicted molar refractivity (Wildman–Crippen MR) is 79.2 cm³/mol. The van der Waals surface area contributed by atoms with E-state index in [4.69, 9.17) is 0 Å². The second-order valence-corrected chi connectivity index (χ2v) is 7.18. The van der Waals surface area contributed by atoms with Gasteiger partial charge in [0, 0.05) is 18.3 Å². The van der Waals surface area contributed by atoms with Crippen molar-refractivity contribution in [1.82, 2.24) is 20.0 Å². The molecule has 6 heteroatoms. The molecular weight excluding hydrogens is 270 g/mol. The van der Waals surface area contributed by atoms with Crippen molar-refractivity contribution < 1.29 is 0 Å². The second-order valence-electron chi connectivity index (χ2n) is 6.02. The van der Waals surface area contributed by atoms with Crippen LogP contribution < -0.4 is 4.90 Å². The molecule has 2 aromatic rings. The average Bonchev–Trinajstić information content (AvgIpc) is 3.09. The fraction of sp³-hybridized carbons (Fsp3) is 0.643. The Labute approximate surface area is 122 Å². The Bertz CT molecular complexity index is 605. The Hall–Kier alpha value is -1.43. The van der Waals surface area contributed by atoms with Crippen LogP contribution in [0, 0.1) is 13.8 Å². The molecular formula is C14H19N5S. The lowest BCUT2D eigenvalue weighted by Crippen LogP contribution is -2.43. The Kier molecular flexibility index (Phi) is 2.80. The van der Waals surface area contributed by atoms with Crippen LogP contribution >= 0.6 is 11.3 Å². The van der Waals surface area contributed by atoms with E-state index in [1.165, 1.54) is 31.2 Å². The van der Waals surface area contributed by atoms with E-state index in [-0.39, 0.29) is 0 Å². The van der Waals surface area contributed by atoms with Gasteiger partial charge in [-0.3, -0.25) is 4.68 Å². The summed E-state index contributed by atoms with van der Waals surface area (Å²) in [7, 11) is 0. The van der Waals surface area contributed by atoms with Crippen LogP contribution in [-0.4, -0.2) is 32.1 Å². The van der Waals surface area contributed by atoms with Gasteiger partial charge in [0.2, 0.25) is 5.13 Å². The van der Waals surface area contributed by atoms with Crippen molar-refractivity contribution in [2.24, 2.45) is 0 Å². The molecule has 5 nitrogen and oxygen atoms in total. The Morgan fingerprint density at radius 3 is 2.40 bits per heavy atom. The maximum atomic E-state index is 4.51. The molecule has 2 saturated heterocycles. The number of aryl methyl sites for hydroxylation is 2.